The van der Waals surface area contributed by atoms with E-state index in [1.54, 1.807) is 4.72 Å². The molecule has 1 aromatic carbocycles. The first-order valence-electron chi connectivity index (χ1n) is 5.07. The second kappa shape index (κ2) is 5.37. The number of halogens is 4. The number of rotatable bonds is 4. The monoisotopic (exact) mass is 315 g/mol. The Labute approximate surface area is 111 Å². The van der Waals surface area contributed by atoms with Crippen LogP contribution in [0.2, 0.25) is 0 Å². The lowest BCUT2D eigenvalue weighted by atomic mass is 10.2. The zero-order valence-corrected chi connectivity index (χ0v) is 10.7. The zero-order valence-electron chi connectivity index (χ0n) is 9.90. The molecule has 0 aliphatic heterocycles. The Kier molecular flexibility index (Phi) is 4.39. The van der Waals surface area contributed by atoms with Gasteiger partial charge in [-0.25, -0.2) is 12.8 Å². The summed E-state index contributed by atoms with van der Waals surface area (Å²) >= 11 is 0. The van der Waals surface area contributed by atoms with Crippen LogP contribution in [0.4, 0.5) is 17.6 Å². The molecule has 0 aliphatic carbocycles. The lowest BCUT2D eigenvalue weighted by Crippen LogP contribution is -2.38. The highest BCUT2D eigenvalue weighted by Crippen LogP contribution is 2.31. The molecule has 0 saturated carbocycles. The average Bonchev–Trinajstić information content (AvgIpc) is 2.26. The van der Waals surface area contributed by atoms with Crippen molar-refractivity contribution in [3.8, 4) is 0 Å². The Morgan fingerprint density at radius 1 is 1.35 bits per heavy atom. The van der Waals surface area contributed by atoms with Gasteiger partial charge < -0.3 is 5.11 Å². The topological polar surface area (TPSA) is 83.5 Å². The van der Waals surface area contributed by atoms with Crippen LogP contribution in [0.25, 0.3) is 0 Å². The standard InChI is InChI=1S/C10H9F4NO4S/c1-5(9(16)17)15-20(18,19)8-3-2-6(4-7(8)11)10(12,13)14/h2-5,15H,1H3,(H,16,17). The minimum absolute atomic E-state index is 0.0278. The van der Waals surface area contributed by atoms with Gasteiger partial charge in [-0.05, 0) is 25.1 Å². The van der Waals surface area contributed by atoms with E-state index in [0.29, 0.717) is 12.1 Å². The van der Waals surface area contributed by atoms with Crippen LogP contribution >= 0.6 is 0 Å². The van der Waals surface area contributed by atoms with Crippen LogP contribution in [0.1, 0.15) is 12.5 Å². The molecule has 10 heteroatoms. The summed E-state index contributed by atoms with van der Waals surface area (Å²) in [4.78, 5) is 9.45. The lowest BCUT2D eigenvalue weighted by Gasteiger charge is -2.12. The van der Waals surface area contributed by atoms with E-state index in [1.165, 1.54) is 0 Å². The quantitative estimate of drug-likeness (QED) is 0.827. The third-order valence-electron chi connectivity index (χ3n) is 2.25. The Bertz CT molecular complexity index is 627. The van der Waals surface area contributed by atoms with Crippen molar-refractivity contribution < 1.29 is 35.9 Å². The number of nitrogens with one attached hydrogen (secondary N) is 1. The number of carbonyl (C=O) groups is 1. The number of aliphatic carboxylic acids is 1. The van der Waals surface area contributed by atoms with E-state index in [-0.39, 0.29) is 6.07 Å². The molecule has 0 radical (unpaired) electrons. The summed E-state index contributed by atoms with van der Waals surface area (Å²) in [6, 6.07) is -0.709. The molecule has 5 nitrogen and oxygen atoms in total. The Morgan fingerprint density at radius 2 is 1.90 bits per heavy atom. The van der Waals surface area contributed by atoms with Gasteiger partial charge in [-0.1, -0.05) is 0 Å². The van der Waals surface area contributed by atoms with E-state index in [2.05, 4.69) is 0 Å². The van der Waals surface area contributed by atoms with Crippen molar-refractivity contribution >= 4 is 16.0 Å². The summed E-state index contributed by atoms with van der Waals surface area (Å²) < 4.78 is 75.3. The van der Waals surface area contributed by atoms with Crippen molar-refractivity contribution in [3.05, 3.63) is 29.6 Å². The number of alkyl halides is 3. The van der Waals surface area contributed by atoms with E-state index in [0.717, 1.165) is 6.92 Å². The molecule has 0 bridgehead atoms. The van der Waals surface area contributed by atoms with Gasteiger partial charge in [-0.3, -0.25) is 4.79 Å². The van der Waals surface area contributed by atoms with Crippen LogP contribution < -0.4 is 4.72 Å². The first kappa shape index (κ1) is 16.4. The molecule has 0 fully saturated rings. The summed E-state index contributed by atoms with van der Waals surface area (Å²) in [6.45, 7) is 0.988. The summed E-state index contributed by atoms with van der Waals surface area (Å²) in [5, 5.41) is 8.54. The second-order valence-corrected chi connectivity index (χ2v) is 5.51. The van der Waals surface area contributed by atoms with Crippen molar-refractivity contribution in [2.45, 2.75) is 24.0 Å². The highest BCUT2D eigenvalue weighted by molar-refractivity contribution is 7.89. The fourth-order valence-electron chi connectivity index (χ4n) is 1.24. The summed E-state index contributed by atoms with van der Waals surface area (Å²) in [7, 11) is -4.57. The van der Waals surface area contributed by atoms with Crippen LogP contribution in [0.15, 0.2) is 23.1 Å². The Hall–Kier alpha value is -1.68. The van der Waals surface area contributed by atoms with Gasteiger partial charge in [0.15, 0.2) is 0 Å². The van der Waals surface area contributed by atoms with Gasteiger partial charge in [0.05, 0.1) is 5.56 Å². The highest BCUT2D eigenvalue weighted by Gasteiger charge is 2.33. The predicted molar refractivity (Wildman–Crippen MR) is 58.8 cm³/mol. The minimum atomic E-state index is -4.81. The number of carboxylic acids is 1. The molecule has 20 heavy (non-hydrogen) atoms. The zero-order chi connectivity index (χ0) is 15.7. The van der Waals surface area contributed by atoms with Crippen molar-refractivity contribution in [2.75, 3.05) is 0 Å². The molecule has 1 unspecified atom stereocenters. The van der Waals surface area contributed by atoms with Gasteiger partial charge in [0.25, 0.3) is 0 Å². The average molecular weight is 315 g/mol. The summed E-state index contributed by atoms with van der Waals surface area (Å²) in [5.74, 6) is -3.13. The Morgan fingerprint density at radius 3 is 2.30 bits per heavy atom. The van der Waals surface area contributed by atoms with Gasteiger partial charge in [-0.15, -0.1) is 0 Å². The molecule has 112 valence electrons. The molecule has 1 aromatic rings. The third kappa shape index (κ3) is 3.67. The largest absolute Gasteiger partial charge is 0.480 e. The van der Waals surface area contributed by atoms with Crippen LogP contribution in [-0.2, 0) is 21.0 Å². The molecule has 1 rings (SSSR count). The van der Waals surface area contributed by atoms with E-state index in [9.17, 15) is 30.8 Å². The van der Waals surface area contributed by atoms with Crippen molar-refractivity contribution in [1.82, 2.24) is 4.72 Å². The molecular weight excluding hydrogens is 306 g/mol. The molecule has 0 spiro atoms. The number of carboxylic acid groups (broad SMARTS) is 1. The SMILES string of the molecule is CC(NS(=O)(=O)c1ccc(C(F)(F)F)cc1F)C(=O)O. The van der Waals surface area contributed by atoms with Crippen LogP contribution in [-0.4, -0.2) is 25.5 Å². The molecule has 0 aromatic heterocycles. The number of benzene rings is 1. The molecule has 1 atom stereocenters. The smallest absolute Gasteiger partial charge is 0.416 e. The maximum Gasteiger partial charge on any atom is 0.416 e. The van der Waals surface area contributed by atoms with E-state index in [1.807, 2.05) is 0 Å². The van der Waals surface area contributed by atoms with E-state index < -0.39 is 44.5 Å². The predicted octanol–water partition coefficient (Wildman–Crippen LogP) is 1.60. The van der Waals surface area contributed by atoms with Crippen molar-refractivity contribution in [3.63, 3.8) is 0 Å². The van der Waals surface area contributed by atoms with Crippen LogP contribution in [0.5, 0.6) is 0 Å². The van der Waals surface area contributed by atoms with Gasteiger partial charge in [0, 0.05) is 0 Å². The molecule has 2 N–H and O–H groups in total. The third-order valence-corrected chi connectivity index (χ3v) is 3.83. The normalized spacial score (nSPS) is 14.1. The second-order valence-electron chi connectivity index (χ2n) is 3.82. The molecule has 0 saturated heterocycles. The first-order valence-corrected chi connectivity index (χ1v) is 6.55. The molecule has 0 heterocycles. The maximum absolute atomic E-state index is 13.5. The lowest BCUT2D eigenvalue weighted by molar-refractivity contribution is -0.139. The summed E-state index contributed by atoms with van der Waals surface area (Å²) in [6.07, 6.45) is -4.81. The molecule has 0 amide bonds. The fourth-order valence-corrected chi connectivity index (χ4v) is 2.50. The maximum atomic E-state index is 13.5. The Balaban J connectivity index is 3.18. The van der Waals surface area contributed by atoms with Gasteiger partial charge in [0.2, 0.25) is 10.0 Å². The van der Waals surface area contributed by atoms with Crippen molar-refractivity contribution in [2.24, 2.45) is 0 Å². The van der Waals surface area contributed by atoms with Gasteiger partial charge in [0.1, 0.15) is 16.8 Å². The minimum Gasteiger partial charge on any atom is -0.480 e. The van der Waals surface area contributed by atoms with E-state index >= 15 is 0 Å². The molecular formula is C10H9F4NO4S. The number of hydrogen-bond acceptors (Lipinski definition) is 3. The first-order chi connectivity index (χ1) is 8.95. The number of sulfonamides is 1. The van der Waals surface area contributed by atoms with Crippen LogP contribution in [0, 0.1) is 5.82 Å². The highest BCUT2D eigenvalue weighted by atomic mass is 32.2. The molecule has 0 aliphatic rings. The van der Waals surface area contributed by atoms with Crippen molar-refractivity contribution in [1.29, 1.82) is 0 Å². The van der Waals surface area contributed by atoms with Gasteiger partial charge >= 0.3 is 12.1 Å². The summed E-state index contributed by atoms with van der Waals surface area (Å²) in [5.41, 5.74) is -1.35. The van der Waals surface area contributed by atoms with Crippen LogP contribution in [0.3, 0.4) is 0 Å². The fraction of sp³-hybridized carbons (Fsp3) is 0.300. The number of hydrogen-bond donors (Lipinski definition) is 2. The van der Waals surface area contributed by atoms with E-state index in [4.69, 9.17) is 5.11 Å². The van der Waals surface area contributed by atoms with Gasteiger partial charge in [-0.2, -0.15) is 17.9 Å².